The molecular formula is C19H30F2N4O3. The minimum atomic E-state index is -2.89. The first-order valence-electron chi connectivity index (χ1n) is 9.25. The summed E-state index contributed by atoms with van der Waals surface area (Å²) in [7, 11) is 3.19. The second-order valence-electron chi connectivity index (χ2n) is 7.04. The van der Waals surface area contributed by atoms with E-state index in [-0.39, 0.29) is 17.8 Å². The molecular weight excluding hydrogens is 370 g/mol. The highest BCUT2D eigenvalue weighted by molar-refractivity contribution is 5.79. The zero-order valence-corrected chi connectivity index (χ0v) is 16.9. The molecule has 0 spiro atoms. The van der Waals surface area contributed by atoms with Crippen LogP contribution in [0.25, 0.3) is 0 Å². The fourth-order valence-corrected chi connectivity index (χ4v) is 3.01. The van der Waals surface area contributed by atoms with Gasteiger partial charge in [0.25, 0.3) is 0 Å². The lowest BCUT2D eigenvalue weighted by Crippen LogP contribution is -2.56. The van der Waals surface area contributed by atoms with E-state index >= 15 is 0 Å². The van der Waals surface area contributed by atoms with Crippen molar-refractivity contribution < 1.29 is 23.0 Å². The topological polar surface area (TPSA) is 67.4 Å². The van der Waals surface area contributed by atoms with Crippen molar-refractivity contribution in [1.82, 2.24) is 15.5 Å². The molecule has 0 atom stereocenters. The first-order valence-corrected chi connectivity index (χ1v) is 9.25. The number of alkyl halides is 2. The molecule has 1 heterocycles. The van der Waals surface area contributed by atoms with Gasteiger partial charge >= 0.3 is 6.61 Å². The van der Waals surface area contributed by atoms with Gasteiger partial charge in [-0.3, -0.25) is 9.89 Å². The highest BCUT2D eigenvalue weighted by Crippen LogP contribution is 2.25. The zero-order chi connectivity index (χ0) is 20.6. The standard InChI is InChI=1S/C19H30F2N4O3/c1-19(2,25-7-9-27-10-8-25)13-24-18(22-3)23-12-14-11-15(26-4)5-6-16(14)28-17(20)21/h5-6,11,17H,7-10,12-13H2,1-4H3,(H2,22,23,24). The van der Waals surface area contributed by atoms with E-state index in [2.05, 4.69) is 39.1 Å². The average Bonchev–Trinajstić information content (AvgIpc) is 2.69. The Balaban J connectivity index is 1.96. The van der Waals surface area contributed by atoms with Crippen molar-refractivity contribution in [1.29, 1.82) is 0 Å². The molecule has 1 aromatic carbocycles. The van der Waals surface area contributed by atoms with Crippen LogP contribution in [0.2, 0.25) is 0 Å². The van der Waals surface area contributed by atoms with E-state index in [0.717, 1.165) is 26.3 Å². The number of guanidine groups is 1. The lowest BCUT2D eigenvalue weighted by molar-refractivity contribution is -0.0505. The molecule has 0 aliphatic carbocycles. The summed E-state index contributed by atoms with van der Waals surface area (Å²) in [6.07, 6.45) is 0. The number of methoxy groups -OCH3 is 1. The summed E-state index contributed by atoms with van der Waals surface area (Å²) < 4.78 is 40.5. The van der Waals surface area contributed by atoms with Crippen molar-refractivity contribution in [2.45, 2.75) is 32.5 Å². The van der Waals surface area contributed by atoms with E-state index in [1.807, 2.05) is 0 Å². The number of morpholine rings is 1. The van der Waals surface area contributed by atoms with Gasteiger partial charge in [0.05, 0.1) is 20.3 Å². The number of benzene rings is 1. The zero-order valence-electron chi connectivity index (χ0n) is 16.9. The molecule has 28 heavy (non-hydrogen) atoms. The van der Waals surface area contributed by atoms with E-state index in [4.69, 9.17) is 9.47 Å². The molecule has 0 bridgehead atoms. The Kier molecular flexibility index (Phi) is 8.25. The second-order valence-corrected chi connectivity index (χ2v) is 7.04. The Hall–Kier alpha value is -2.13. The maximum atomic E-state index is 12.7. The van der Waals surface area contributed by atoms with Gasteiger partial charge in [0.15, 0.2) is 5.96 Å². The van der Waals surface area contributed by atoms with Gasteiger partial charge in [-0.2, -0.15) is 8.78 Å². The molecule has 0 aromatic heterocycles. The molecule has 2 rings (SSSR count). The second kappa shape index (κ2) is 10.4. The van der Waals surface area contributed by atoms with Crippen LogP contribution in [-0.4, -0.2) is 70.0 Å². The maximum absolute atomic E-state index is 12.7. The Morgan fingerprint density at radius 1 is 1.29 bits per heavy atom. The average molecular weight is 400 g/mol. The molecule has 9 heteroatoms. The van der Waals surface area contributed by atoms with Crippen molar-refractivity contribution >= 4 is 5.96 Å². The molecule has 7 nitrogen and oxygen atoms in total. The van der Waals surface area contributed by atoms with Crippen molar-refractivity contribution in [3.8, 4) is 11.5 Å². The van der Waals surface area contributed by atoms with Crippen molar-refractivity contribution in [2.24, 2.45) is 4.99 Å². The number of rotatable bonds is 8. The fourth-order valence-electron chi connectivity index (χ4n) is 3.01. The van der Waals surface area contributed by atoms with Gasteiger partial charge in [0.1, 0.15) is 11.5 Å². The van der Waals surface area contributed by atoms with Crippen molar-refractivity contribution in [3.05, 3.63) is 23.8 Å². The van der Waals surface area contributed by atoms with Crippen LogP contribution in [0.4, 0.5) is 8.78 Å². The molecule has 1 fully saturated rings. The van der Waals surface area contributed by atoms with Crippen LogP contribution in [0.1, 0.15) is 19.4 Å². The van der Waals surface area contributed by atoms with Crippen LogP contribution in [0.15, 0.2) is 23.2 Å². The fraction of sp³-hybridized carbons (Fsp3) is 0.632. The number of ether oxygens (including phenoxy) is 3. The number of nitrogens with zero attached hydrogens (tertiary/aromatic N) is 2. The van der Waals surface area contributed by atoms with Gasteiger partial charge in [0.2, 0.25) is 0 Å². The van der Waals surface area contributed by atoms with Crippen LogP contribution in [0, 0.1) is 0 Å². The summed E-state index contributed by atoms with van der Waals surface area (Å²) in [6.45, 7) is 5.61. The molecule has 0 radical (unpaired) electrons. The van der Waals surface area contributed by atoms with Crippen LogP contribution in [0.5, 0.6) is 11.5 Å². The number of hydrogen-bond acceptors (Lipinski definition) is 5. The summed E-state index contributed by atoms with van der Waals surface area (Å²) in [6, 6.07) is 4.72. The summed E-state index contributed by atoms with van der Waals surface area (Å²) in [5, 5.41) is 6.44. The van der Waals surface area contributed by atoms with Crippen LogP contribution >= 0.6 is 0 Å². The van der Waals surface area contributed by atoms with E-state index in [0.29, 0.717) is 23.8 Å². The third-order valence-electron chi connectivity index (χ3n) is 4.71. The SMILES string of the molecule is CN=C(NCc1cc(OC)ccc1OC(F)F)NCC(C)(C)N1CCOCC1. The van der Waals surface area contributed by atoms with Gasteiger partial charge in [-0.15, -0.1) is 0 Å². The van der Waals surface area contributed by atoms with Gasteiger partial charge in [-0.25, -0.2) is 0 Å². The Labute approximate surface area is 165 Å². The lowest BCUT2D eigenvalue weighted by atomic mass is 10.0. The summed E-state index contributed by atoms with van der Waals surface area (Å²) >= 11 is 0. The third-order valence-corrected chi connectivity index (χ3v) is 4.71. The Morgan fingerprint density at radius 3 is 2.61 bits per heavy atom. The Morgan fingerprint density at radius 2 is 2.00 bits per heavy atom. The molecule has 0 amide bonds. The minimum absolute atomic E-state index is 0.0820. The van der Waals surface area contributed by atoms with Gasteiger partial charge in [0, 0.05) is 44.3 Å². The van der Waals surface area contributed by atoms with Gasteiger partial charge < -0.3 is 24.8 Å². The molecule has 0 saturated carbocycles. The molecule has 1 saturated heterocycles. The monoisotopic (exact) mass is 400 g/mol. The van der Waals surface area contributed by atoms with E-state index in [1.165, 1.54) is 13.2 Å². The number of hydrogen-bond donors (Lipinski definition) is 2. The van der Waals surface area contributed by atoms with Crippen molar-refractivity contribution in [2.75, 3.05) is 47.0 Å². The first kappa shape index (κ1) is 22.2. The van der Waals surface area contributed by atoms with Gasteiger partial charge in [-0.05, 0) is 32.0 Å². The highest BCUT2D eigenvalue weighted by atomic mass is 19.3. The van der Waals surface area contributed by atoms with Crippen LogP contribution in [-0.2, 0) is 11.3 Å². The quantitative estimate of drug-likeness (QED) is 0.515. The van der Waals surface area contributed by atoms with Gasteiger partial charge in [-0.1, -0.05) is 0 Å². The largest absolute Gasteiger partial charge is 0.497 e. The molecule has 1 aliphatic rings. The predicted molar refractivity (Wildman–Crippen MR) is 104 cm³/mol. The number of nitrogens with one attached hydrogen (secondary N) is 2. The highest BCUT2D eigenvalue weighted by Gasteiger charge is 2.28. The predicted octanol–water partition coefficient (Wildman–Crippen LogP) is 2.07. The number of halogens is 2. The summed E-state index contributed by atoms with van der Waals surface area (Å²) in [5.74, 6) is 1.24. The van der Waals surface area contributed by atoms with E-state index < -0.39 is 6.61 Å². The molecule has 158 valence electrons. The maximum Gasteiger partial charge on any atom is 0.387 e. The molecule has 1 aliphatic heterocycles. The number of aliphatic imine (C=N–C) groups is 1. The lowest BCUT2D eigenvalue weighted by Gasteiger charge is -2.41. The molecule has 0 unspecified atom stereocenters. The normalized spacial score (nSPS) is 16.2. The van der Waals surface area contributed by atoms with E-state index in [1.54, 1.807) is 19.2 Å². The summed E-state index contributed by atoms with van der Waals surface area (Å²) in [4.78, 5) is 6.58. The summed E-state index contributed by atoms with van der Waals surface area (Å²) in [5.41, 5.74) is 0.469. The Bertz CT molecular complexity index is 650. The first-order chi connectivity index (χ1) is 13.4. The molecule has 2 N–H and O–H groups in total. The van der Waals surface area contributed by atoms with E-state index in [9.17, 15) is 8.78 Å². The molecule has 1 aromatic rings. The smallest absolute Gasteiger partial charge is 0.387 e. The van der Waals surface area contributed by atoms with Crippen LogP contribution < -0.4 is 20.1 Å². The van der Waals surface area contributed by atoms with Crippen molar-refractivity contribution in [3.63, 3.8) is 0 Å². The van der Waals surface area contributed by atoms with Crippen LogP contribution in [0.3, 0.4) is 0 Å². The minimum Gasteiger partial charge on any atom is -0.497 e. The third kappa shape index (κ3) is 6.49.